The first-order valence-corrected chi connectivity index (χ1v) is 18.3. The number of aryl methyl sites for hydroxylation is 1. The van der Waals surface area contributed by atoms with Gasteiger partial charge in [0.15, 0.2) is 0 Å². The fourth-order valence-corrected chi connectivity index (χ4v) is 8.27. The van der Waals surface area contributed by atoms with Crippen LogP contribution in [-0.2, 0) is 28.7 Å². The van der Waals surface area contributed by atoms with Crippen LogP contribution in [0.15, 0.2) is 60.6 Å². The van der Waals surface area contributed by atoms with Gasteiger partial charge in [0.05, 0.1) is 54.0 Å². The Morgan fingerprint density at radius 3 is 2.63 bits per heavy atom. The number of ether oxygens (including phenoxy) is 3. The van der Waals surface area contributed by atoms with Crippen LogP contribution in [0.25, 0.3) is 54.8 Å². The number of thiophene rings is 1. The molecule has 6 aromatic rings. The Morgan fingerprint density at radius 1 is 0.962 bits per heavy atom. The highest BCUT2D eigenvalue weighted by Crippen LogP contribution is 2.49. The van der Waals surface area contributed by atoms with Crippen molar-refractivity contribution >= 4 is 38.2 Å². The molecular weight excluding hydrogens is 687 g/mol. The summed E-state index contributed by atoms with van der Waals surface area (Å²) in [5.41, 5.74) is 3.70. The van der Waals surface area contributed by atoms with Crippen molar-refractivity contribution in [3.63, 3.8) is 0 Å². The molecule has 0 saturated heterocycles. The van der Waals surface area contributed by atoms with Crippen molar-refractivity contribution in [2.45, 2.75) is 45.2 Å². The van der Waals surface area contributed by atoms with Gasteiger partial charge in [-0.3, -0.25) is 14.2 Å². The maximum atomic E-state index is 16.4. The van der Waals surface area contributed by atoms with Crippen LogP contribution in [0.4, 0.5) is 8.78 Å². The lowest BCUT2D eigenvalue weighted by Gasteiger charge is -2.42. The molecule has 2 aromatic carbocycles. The monoisotopic (exact) mass is 724 g/mol. The number of fused-ring (bicyclic) bond motifs is 6. The predicted octanol–water partition coefficient (Wildman–Crippen LogP) is 7.88. The first kappa shape index (κ1) is 34.0. The van der Waals surface area contributed by atoms with Crippen LogP contribution in [0, 0.1) is 11.6 Å². The van der Waals surface area contributed by atoms with Gasteiger partial charge < -0.3 is 19.1 Å². The molecule has 0 saturated carbocycles. The molecule has 0 unspecified atom stereocenters. The topological polar surface area (TPSA) is 96.5 Å². The molecule has 2 aliphatic heterocycles. The Balaban J connectivity index is 1.43. The Labute approximate surface area is 303 Å². The molecule has 2 bridgehead atoms. The SMILES string of the molecule is C=CC(=O)N1CCn2nc(-c3nc4c5ccsc5c3-c3c(F)cc(F)cc3OCCOCCCCCOc3cc5c(cnn5C)cc3-4)cc2C1(C)C. The van der Waals surface area contributed by atoms with Gasteiger partial charge in [-0.2, -0.15) is 10.2 Å². The Morgan fingerprint density at radius 2 is 1.79 bits per heavy atom. The van der Waals surface area contributed by atoms with E-state index < -0.39 is 17.2 Å². The fourth-order valence-electron chi connectivity index (χ4n) is 7.32. The minimum atomic E-state index is -0.788. The van der Waals surface area contributed by atoms with E-state index in [1.807, 2.05) is 55.2 Å². The van der Waals surface area contributed by atoms with Crippen molar-refractivity contribution in [3.05, 3.63) is 78.0 Å². The lowest BCUT2D eigenvalue weighted by Crippen LogP contribution is -2.51. The zero-order chi connectivity index (χ0) is 36.1. The molecule has 13 heteroatoms. The van der Waals surface area contributed by atoms with Gasteiger partial charge >= 0.3 is 0 Å². The quantitative estimate of drug-likeness (QED) is 0.168. The van der Waals surface area contributed by atoms with Crippen molar-refractivity contribution in [2.24, 2.45) is 7.05 Å². The van der Waals surface area contributed by atoms with E-state index in [-0.39, 0.29) is 30.4 Å². The molecule has 6 heterocycles. The van der Waals surface area contributed by atoms with E-state index in [2.05, 4.69) is 11.7 Å². The molecule has 0 radical (unpaired) electrons. The molecule has 0 N–H and O–H groups in total. The molecule has 10 nitrogen and oxygen atoms in total. The van der Waals surface area contributed by atoms with Crippen molar-refractivity contribution in [2.75, 3.05) is 33.0 Å². The second-order valence-electron chi connectivity index (χ2n) is 13.5. The first-order valence-electron chi connectivity index (χ1n) is 17.4. The smallest absolute Gasteiger partial charge is 0.246 e. The summed E-state index contributed by atoms with van der Waals surface area (Å²) < 4.78 is 54.1. The van der Waals surface area contributed by atoms with Gasteiger partial charge in [0.1, 0.15) is 41.1 Å². The average Bonchev–Trinajstić information content (AvgIpc) is 3.87. The van der Waals surface area contributed by atoms with Crippen molar-refractivity contribution in [1.82, 2.24) is 29.4 Å². The number of carbonyl (C=O) groups is 1. The standard InChI is InChI=1S/C39H38F2N6O4S/c1-5-33(48)46-10-11-47-32(39(46,2)3)20-28(44-47)37-35-34-27(41)18-24(40)19-31(34)51-15-14-49-12-7-6-8-13-50-30-21-29-23(22-42-45(29)4)17-26(30)36(43-37)25-9-16-52-38(25)35/h5,9,16-22H,1,6-8,10-15H2,2-4H3. The summed E-state index contributed by atoms with van der Waals surface area (Å²) in [6.45, 7) is 9.87. The van der Waals surface area contributed by atoms with E-state index in [4.69, 9.17) is 24.3 Å². The number of rotatable bonds is 2. The number of hydrogen-bond acceptors (Lipinski definition) is 8. The molecule has 0 fully saturated rings. The highest BCUT2D eigenvalue weighted by molar-refractivity contribution is 7.18. The average molecular weight is 725 g/mol. The van der Waals surface area contributed by atoms with E-state index in [0.717, 1.165) is 57.6 Å². The minimum absolute atomic E-state index is 0.0422. The molecule has 2 aliphatic rings. The highest BCUT2D eigenvalue weighted by atomic mass is 32.1. The Hall–Kier alpha value is -5.14. The predicted molar refractivity (Wildman–Crippen MR) is 196 cm³/mol. The summed E-state index contributed by atoms with van der Waals surface area (Å²) in [5, 5.41) is 13.1. The molecular formula is C39H38F2N6O4S. The molecule has 52 heavy (non-hydrogen) atoms. The summed E-state index contributed by atoms with van der Waals surface area (Å²) in [7, 11) is 1.89. The fraction of sp³-hybridized carbons (Fsp3) is 0.333. The lowest BCUT2D eigenvalue weighted by molar-refractivity contribution is -0.133. The molecule has 0 atom stereocenters. The number of hydrogen-bond donors (Lipinski definition) is 0. The van der Waals surface area contributed by atoms with Crippen LogP contribution in [0.1, 0.15) is 38.8 Å². The largest absolute Gasteiger partial charge is 0.493 e. The number of benzene rings is 2. The van der Waals surface area contributed by atoms with Gasteiger partial charge in [0, 0.05) is 65.0 Å². The van der Waals surface area contributed by atoms with Gasteiger partial charge in [-0.1, -0.05) is 6.58 Å². The normalized spacial score (nSPS) is 16.4. The molecule has 268 valence electrons. The molecule has 0 spiro atoms. The summed E-state index contributed by atoms with van der Waals surface area (Å²) in [6, 6.07) is 9.95. The van der Waals surface area contributed by atoms with Crippen LogP contribution in [-0.4, -0.2) is 68.3 Å². The third-order valence-corrected chi connectivity index (χ3v) is 10.9. The minimum Gasteiger partial charge on any atom is -0.493 e. The zero-order valence-corrected chi connectivity index (χ0v) is 30.1. The number of pyridine rings is 1. The van der Waals surface area contributed by atoms with E-state index in [1.54, 1.807) is 15.8 Å². The summed E-state index contributed by atoms with van der Waals surface area (Å²) in [5.74, 6) is -1.04. The number of halogens is 2. The maximum absolute atomic E-state index is 16.4. The van der Waals surface area contributed by atoms with Crippen LogP contribution in [0.3, 0.4) is 0 Å². The van der Waals surface area contributed by atoms with Gasteiger partial charge in [-0.25, -0.2) is 13.8 Å². The van der Waals surface area contributed by atoms with E-state index in [9.17, 15) is 9.18 Å². The lowest BCUT2D eigenvalue weighted by atomic mass is 9.93. The number of nitrogens with zero attached hydrogens (tertiary/aromatic N) is 6. The number of carbonyl (C=O) groups excluding carboxylic acids is 1. The summed E-state index contributed by atoms with van der Waals surface area (Å²) in [4.78, 5) is 20.0. The van der Waals surface area contributed by atoms with E-state index in [0.29, 0.717) is 54.7 Å². The number of aromatic nitrogens is 5. The highest BCUT2D eigenvalue weighted by Gasteiger charge is 2.39. The first-order chi connectivity index (χ1) is 25.2. The maximum Gasteiger partial charge on any atom is 0.246 e. The third kappa shape index (κ3) is 5.81. The van der Waals surface area contributed by atoms with Crippen LogP contribution >= 0.6 is 11.3 Å². The molecule has 8 rings (SSSR count). The van der Waals surface area contributed by atoms with Crippen LogP contribution in [0.2, 0.25) is 0 Å². The summed E-state index contributed by atoms with van der Waals surface area (Å²) in [6.07, 6.45) is 5.67. The third-order valence-electron chi connectivity index (χ3n) is 9.96. The van der Waals surface area contributed by atoms with Gasteiger partial charge in [-0.15, -0.1) is 11.3 Å². The van der Waals surface area contributed by atoms with Gasteiger partial charge in [-0.05, 0) is 62.8 Å². The molecule has 1 amide bonds. The number of amides is 1. The summed E-state index contributed by atoms with van der Waals surface area (Å²) >= 11 is 1.43. The second kappa shape index (κ2) is 13.4. The Bertz CT molecular complexity index is 2360. The van der Waals surface area contributed by atoms with Gasteiger partial charge in [0.25, 0.3) is 0 Å². The van der Waals surface area contributed by atoms with Crippen LogP contribution < -0.4 is 9.47 Å². The Kier molecular flexibility index (Phi) is 8.78. The second-order valence-corrected chi connectivity index (χ2v) is 14.5. The van der Waals surface area contributed by atoms with Crippen molar-refractivity contribution in [1.29, 1.82) is 0 Å². The van der Waals surface area contributed by atoms with E-state index in [1.165, 1.54) is 23.5 Å². The zero-order valence-electron chi connectivity index (χ0n) is 29.2. The van der Waals surface area contributed by atoms with Crippen LogP contribution in [0.5, 0.6) is 11.5 Å². The van der Waals surface area contributed by atoms with Crippen molar-refractivity contribution in [3.8, 4) is 45.3 Å². The van der Waals surface area contributed by atoms with Gasteiger partial charge in [0.2, 0.25) is 5.91 Å². The molecule has 4 aromatic heterocycles. The molecule has 0 aliphatic carbocycles. The van der Waals surface area contributed by atoms with E-state index >= 15 is 4.39 Å². The van der Waals surface area contributed by atoms with Crippen molar-refractivity contribution < 1.29 is 27.8 Å².